The smallest absolute Gasteiger partial charge is 0.251 e. The first-order valence-electron chi connectivity index (χ1n) is 12.2. The number of anilines is 4. The summed E-state index contributed by atoms with van der Waals surface area (Å²) in [6.45, 7) is 5.43. The Morgan fingerprint density at radius 1 is 1.11 bits per heavy atom. The van der Waals surface area contributed by atoms with Crippen molar-refractivity contribution >= 4 is 29.0 Å². The van der Waals surface area contributed by atoms with Crippen molar-refractivity contribution in [3.8, 4) is 0 Å². The molecule has 1 saturated heterocycles. The number of aromatic amines is 1. The average molecular weight is 476 g/mol. The lowest BCUT2D eigenvalue weighted by Gasteiger charge is -2.30. The van der Waals surface area contributed by atoms with E-state index in [1.165, 1.54) is 12.8 Å². The predicted octanol–water partition coefficient (Wildman–Crippen LogP) is 2.40. The molecule has 3 aromatic rings. The number of carbonyl (C=O) groups is 1. The topological polar surface area (TPSA) is 105 Å². The second-order valence-electron chi connectivity index (χ2n) is 9.30. The van der Waals surface area contributed by atoms with Gasteiger partial charge in [-0.25, -0.2) is 9.97 Å². The fraction of sp³-hybridized carbons (Fsp3) is 0.440. The minimum Gasteiger partial charge on any atom is -0.373 e. The van der Waals surface area contributed by atoms with Crippen molar-refractivity contribution in [3.05, 3.63) is 53.7 Å². The monoisotopic (exact) mass is 475 g/mol. The van der Waals surface area contributed by atoms with Gasteiger partial charge in [0.2, 0.25) is 5.95 Å². The van der Waals surface area contributed by atoms with Gasteiger partial charge in [-0.2, -0.15) is 4.98 Å². The van der Waals surface area contributed by atoms with Gasteiger partial charge in [0.25, 0.3) is 5.91 Å². The number of nitrogens with one attached hydrogen (secondary N) is 3. The number of amides is 1. The van der Waals surface area contributed by atoms with Gasteiger partial charge in [-0.15, -0.1) is 0 Å². The Morgan fingerprint density at radius 2 is 1.91 bits per heavy atom. The molecule has 0 atom stereocenters. The van der Waals surface area contributed by atoms with E-state index in [1.807, 2.05) is 49.5 Å². The second kappa shape index (κ2) is 10.3. The van der Waals surface area contributed by atoms with Crippen LogP contribution in [0.4, 0.5) is 23.1 Å². The summed E-state index contributed by atoms with van der Waals surface area (Å²) in [5, 5.41) is 6.30. The van der Waals surface area contributed by atoms with Crippen molar-refractivity contribution in [3.63, 3.8) is 0 Å². The minimum absolute atomic E-state index is 0.0482. The SMILES string of the molecule is CN(C)c1cnc(Nc2ccc(C(=O)NCCN3CCCC3)cc2)nc1N1CCc2nc[nH]c2C1. The van der Waals surface area contributed by atoms with Crippen molar-refractivity contribution < 1.29 is 4.79 Å². The molecular formula is C25H33N9O. The largest absolute Gasteiger partial charge is 0.373 e. The maximum Gasteiger partial charge on any atom is 0.251 e. The lowest BCUT2D eigenvalue weighted by Crippen LogP contribution is -2.33. The standard InChI is InChI=1S/C25H33N9O/c1-32(2)22-15-27-25(31-23(22)34-13-9-20-21(16-34)29-17-28-20)30-19-7-5-18(6-8-19)24(35)26-10-14-33-11-3-4-12-33/h5-8,15,17H,3-4,9-14,16H2,1-2H3,(H,26,35)(H,28,29)(H,27,30,31). The van der Waals surface area contributed by atoms with E-state index in [-0.39, 0.29) is 5.91 Å². The van der Waals surface area contributed by atoms with E-state index in [0.717, 1.165) is 67.7 Å². The van der Waals surface area contributed by atoms with Crippen LogP contribution in [0.25, 0.3) is 0 Å². The quantitative estimate of drug-likeness (QED) is 0.456. The molecule has 1 aromatic carbocycles. The number of benzene rings is 1. The normalized spacial score (nSPS) is 15.7. The number of fused-ring (bicyclic) bond motifs is 1. The fourth-order valence-corrected chi connectivity index (χ4v) is 4.64. The van der Waals surface area contributed by atoms with Crippen molar-refractivity contribution in [2.24, 2.45) is 0 Å². The fourth-order valence-electron chi connectivity index (χ4n) is 4.64. The van der Waals surface area contributed by atoms with Gasteiger partial charge < -0.3 is 30.3 Å². The van der Waals surface area contributed by atoms with Crippen LogP contribution in [0, 0.1) is 0 Å². The molecule has 10 nitrogen and oxygen atoms in total. The molecule has 4 heterocycles. The lowest BCUT2D eigenvalue weighted by molar-refractivity contribution is 0.0950. The Labute approximate surface area is 205 Å². The molecule has 0 bridgehead atoms. The van der Waals surface area contributed by atoms with Crippen molar-refractivity contribution in [1.82, 2.24) is 30.2 Å². The zero-order chi connectivity index (χ0) is 24.2. The number of H-pyrrole nitrogens is 1. The number of hydrogen-bond donors (Lipinski definition) is 3. The van der Waals surface area contributed by atoms with Crippen molar-refractivity contribution in [2.45, 2.75) is 25.8 Å². The number of rotatable bonds is 8. The van der Waals surface area contributed by atoms with Crippen LogP contribution in [0.3, 0.4) is 0 Å². The van der Waals surface area contributed by atoms with Gasteiger partial charge >= 0.3 is 0 Å². The summed E-state index contributed by atoms with van der Waals surface area (Å²) in [4.78, 5) is 36.2. The molecule has 0 spiro atoms. The average Bonchev–Trinajstić information content (AvgIpc) is 3.56. The number of likely N-dealkylation sites (tertiary alicyclic amines) is 1. The molecule has 1 amide bonds. The lowest BCUT2D eigenvalue weighted by atomic mass is 10.1. The number of imidazole rings is 1. The molecule has 3 N–H and O–H groups in total. The first-order valence-corrected chi connectivity index (χ1v) is 12.2. The third kappa shape index (κ3) is 5.37. The number of carbonyl (C=O) groups excluding carboxylic acids is 1. The molecule has 2 aliphatic heterocycles. The zero-order valence-electron chi connectivity index (χ0n) is 20.4. The highest BCUT2D eigenvalue weighted by atomic mass is 16.1. The Bertz CT molecular complexity index is 1150. The molecule has 0 radical (unpaired) electrons. The van der Waals surface area contributed by atoms with Crippen LogP contribution >= 0.6 is 0 Å². The Balaban J connectivity index is 1.24. The van der Waals surface area contributed by atoms with Crippen LogP contribution in [0.15, 0.2) is 36.8 Å². The number of hydrogen-bond acceptors (Lipinski definition) is 8. The highest BCUT2D eigenvalue weighted by Gasteiger charge is 2.23. The first kappa shape index (κ1) is 23.1. The van der Waals surface area contributed by atoms with Gasteiger partial charge in [0.05, 0.1) is 36.1 Å². The second-order valence-corrected chi connectivity index (χ2v) is 9.30. The molecule has 2 aliphatic rings. The van der Waals surface area contributed by atoms with Gasteiger partial charge in [0.1, 0.15) is 0 Å². The van der Waals surface area contributed by atoms with E-state index in [0.29, 0.717) is 18.1 Å². The minimum atomic E-state index is -0.0482. The Kier molecular flexibility index (Phi) is 6.80. The summed E-state index contributed by atoms with van der Waals surface area (Å²) in [6.07, 6.45) is 6.99. The third-order valence-electron chi connectivity index (χ3n) is 6.62. The van der Waals surface area contributed by atoms with Gasteiger partial charge in [0.15, 0.2) is 5.82 Å². The van der Waals surface area contributed by atoms with Crippen LogP contribution in [0.1, 0.15) is 34.6 Å². The van der Waals surface area contributed by atoms with E-state index in [4.69, 9.17) is 4.98 Å². The van der Waals surface area contributed by atoms with Crippen LogP contribution in [-0.2, 0) is 13.0 Å². The zero-order valence-corrected chi connectivity index (χ0v) is 20.4. The van der Waals surface area contributed by atoms with Crippen LogP contribution in [-0.4, -0.2) is 77.6 Å². The summed E-state index contributed by atoms with van der Waals surface area (Å²) in [7, 11) is 3.99. The van der Waals surface area contributed by atoms with Crippen LogP contribution < -0.4 is 20.4 Å². The molecule has 0 saturated carbocycles. The van der Waals surface area contributed by atoms with E-state index < -0.39 is 0 Å². The van der Waals surface area contributed by atoms with Crippen molar-refractivity contribution in [2.75, 3.05) is 61.9 Å². The van der Waals surface area contributed by atoms with Crippen LogP contribution in [0.5, 0.6) is 0 Å². The van der Waals surface area contributed by atoms with E-state index >= 15 is 0 Å². The number of nitrogens with zero attached hydrogens (tertiary/aromatic N) is 6. The highest BCUT2D eigenvalue weighted by Crippen LogP contribution is 2.30. The molecule has 184 valence electrons. The van der Waals surface area contributed by atoms with Gasteiger partial charge in [0, 0.05) is 51.4 Å². The van der Waals surface area contributed by atoms with Gasteiger partial charge in [-0.1, -0.05) is 0 Å². The maximum atomic E-state index is 12.5. The Morgan fingerprint density at radius 3 is 2.69 bits per heavy atom. The van der Waals surface area contributed by atoms with Gasteiger partial charge in [-0.3, -0.25) is 4.79 Å². The van der Waals surface area contributed by atoms with E-state index in [9.17, 15) is 4.79 Å². The summed E-state index contributed by atoms with van der Waals surface area (Å²) in [5.74, 6) is 1.35. The third-order valence-corrected chi connectivity index (χ3v) is 6.62. The summed E-state index contributed by atoms with van der Waals surface area (Å²) < 4.78 is 0. The van der Waals surface area contributed by atoms with Crippen molar-refractivity contribution in [1.29, 1.82) is 0 Å². The first-order chi connectivity index (χ1) is 17.1. The van der Waals surface area contributed by atoms with Gasteiger partial charge in [-0.05, 0) is 50.2 Å². The molecule has 5 rings (SSSR count). The Hall–Kier alpha value is -3.66. The molecule has 1 fully saturated rings. The molecule has 35 heavy (non-hydrogen) atoms. The number of aromatic nitrogens is 4. The predicted molar refractivity (Wildman–Crippen MR) is 137 cm³/mol. The maximum absolute atomic E-state index is 12.5. The van der Waals surface area contributed by atoms with E-state index in [2.05, 4.69) is 35.4 Å². The highest BCUT2D eigenvalue weighted by molar-refractivity contribution is 5.94. The van der Waals surface area contributed by atoms with E-state index in [1.54, 1.807) is 6.33 Å². The molecule has 10 heteroatoms. The summed E-state index contributed by atoms with van der Waals surface area (Å²) >= 11 is 0. The summed E-state index contributed by atoms with van der Waals surface area (Å²) in [6, 6.07) is 7.42. The molecule has 0 aliphatic carbocycles. The van der Waals surface area contributed by atoms with Crippen LogP contribution in [0.2, 0.25) is 0 Å². The molecular weight excluding hydrogens is 442 g/mol. The summed E-state index contributed by atoms with van der Waals surface area (Å²) in [5.41, 5.74) is 4.69. The molecule has 0 unspecified atom stereocenters. The molecule has 2 aromatic heterocycles.